The highest BCUT2D eigenvalue weighted by molar-refractivity contribution is 6.30. The molecule has 2 unspecified atom stereocenters. The average molecular weight is 388 g/mol. The van der Waals surface area contributed by atoms with Gasteiger partial charge in [-0.15, -0.1) is 0 Å². The van der Waals surface area contributed by atoms with Crippen LogP contribution in [0.2, 0.25) is 5.02 Å². The van der Waals surface area contributed by atoms with Crippen molar-refractivity contribution in [2.75, 3.05) is 6.54 Å². The van der Waals surface area contributed by atoms with Crippen LogP contribution in [0, 0.1) is 0 Å². The lowest BCUT2D eigenvalue weighted by Gasteiger charge is -2.25. The van der Waals surface area contributed by atoms with Gasteiger partial charge in [0, 0.05) is 17.1 Å². The smallest absolute Gasteiger partial charge is 0.305 e. The zero-order valence-corrected chi connectivity index (χ0v) is 16.5. The molecule has 2 rings (SSSR count). The van der Waals surface area contributed by atoms with E-state index in [9.17, 15) is 9.59 Å². The predicted octanol–water partition coefficient (Wildman–Crippen LogP) is 5.23. The van der Waals surface area contributed by atoms with Gasteiger partial charge in [-0.3, -0.25) is 9.59 Å². The average Bonchev–Trinajstić information content (AvgIpc) is 2.66. The van der Waals surface area contributed by atoms with Crippen LogP contribution in [0.15, 0.2) is 48.5 Å². The van der Waals surface area contributed by atoms with Gasteiger partial charge in [-0.25, -0.2) is 0 Å². The minimum absolute atomic E-state index is 0.0823. The van der Waals surface area contributed by atoms with Gasteiger partial charge in [-0.05, 0) is 53.6 Å². The Kier molecular flexibility index (Phi) is 7.86. The zero-order valence-electron chi connectivity index (χ0n) is 15.7. The summed E-state index contributed by atoms with van der Waals surface area (Å²) in [5.74, 6) is -0.498. The first kappa shape index (κ1) is 21.0. The highest BCUT2D eigenvalue weighted by atomic mass is 35.5. The Morgan fingerprint density at radius 3 is 2.19 bits per heavy atom. The molecular formula is C22H26ClNO3. The number of carboxylic acid groups (broad SMARTS) is 1. The molecule has 2 atom stereocenters. The number of amides is 1. The monoisotopic (exact) mass is 387 g/mol. The molecule has 0 fully saturated rings. The van der Waals surface area contributed by atoms with Crippen LogP contribution in [0.4, 0.5) is 0 Å². The number of hydrogen-bond acceptors (Lipinski definition) is 2. The van der Waals surface area contributed by atoms with Crippen molar-refractivity contribution in [3.05, 3.63) is 70.2 Å². The standard InChI is InChI=1S/C22H26ClNO3/c1-3-4-20(15(2)16-9-11-19(23)12-10-16)17-5-7-18(8-6-17)22(27)24-14-13-21(25)26/h5-12,15,20H,3-4,13-14H2,1-2H3,(H,24,27)(H,25,26). The molecule has 4 nitrogen and oxygen atoms in total. The van der Waals surface area contributed by atoms with Crippen LogP contribution in [0.3, 0.4) is 0 Å². The van der Waals surface area contributed by atoms with Crippen molar-refractivity contribution in [3.8, 4) is 0 Å². The largest absolute Gasteiger partial charge is 0.481 e. The van der Waals surface area contributed by atoms with Crippen LogP contribution in [0.1, 0.15) is 66.4 Å². The summed E-state index contributed by atoms with van der Waals surface area (Å²) in [6.45, 7) is 4.52. The van der Waals surface area contributed by atoms with Crippen LogP contribution < -0.4 is 5.32 Å². The van der Waals surface area contributed by atoms with Crippen LogP contribution in [0.25, 0.3) is 0 Å². The molecule has 2 N–H and O–H groups in total. The van der Waals surface area contributed by atoms with Gasteiger partial charge in [0.05, 0.1) is 6.42 Å². The number of nitrogens with one attached hydrogen (secondary N) is 1. The Balaban J connectivity index is 2.11. The number of hydrogen-bond donors (Lipinski definition) is 2. The van der Waals surface area contributed by atoms with Crippen molar-refractivity contribution in [2.45, 2.75) is 44.9 Å². The van der Waals surface area contributed by atoms with E-state index in [0.29, 0.717) is 17.4 Å². The van der Waals surface area contributed by atoms with E-state index in [2.05, 4.69) is 31.3 Å². The molecule has 5 heteroatoms. The Labute approximate surface area is 165 Å². The summed E-state index contributed by atoms with van der Waals surface area (Å²) in [5, 5.41) is 12.0. The zero-order chi connectivity index (χ0) is 19.8. The van der Waals surface area contributed by atoms with Gasteiger partial charge < -0.3 is 10.4 Å². The number of carboxylic acids is 1. The van der Waals surface area contributed by atoms with Crippen molar-refractivity contribution in [3.63, 3.8) is 0 Å². The van der Waals surface area contributed by atoms with Crippen LogP contribution in [-0.2, 0) is 4.79 Å². The van der Waals surface area contributed by atoms with E-state index in [1.165, 1.54) is 11.1 Å². The van der Waals surface area contributed by atoms with Crippen molar-refractivity contribution in [2.24, 2.45) is 0 Å². The number of aliphatic carboxylic acids is 1. The summed E-state index contributed by atoms with van der Waals surface area (Å²) in [6, 6.07) is 15.6. The SMILES string of the molecule is CCCC(c1ccc(C(=O)NCCC(=O)O)cc1)C(C)c1ccc(Cl)cc1. The van der Waals surface area contributed by atoms with Crippen LogP contribution in [0.5, 0.6) is 0 Å². The molecule has 1 amide bonds. The van der Waals surface area contributed by atoms with Gasteiger partial charge in [-0.1, -0.05) is 56.1 Å². The van der Waals surface area contributed by atoms with Gasteiger partial charge >= 0.3 is 5.97 Å². The van der Waals surface area contributed by atoms with Gasteiger partial charge in [0.2, 0.25) is 0 Å². The Bertz CT molecular complexity index is 756. The lowest BCUT2D eigenvalue weighted by molar-refractivity contribution is -0.136. The molecule has 27 heavy (non-hydrogen) atoms. The topological polar surface area (TPSA) is 66.4 Å². The van der Waals surface area contributed by atoms with Crippen molar-refractivity contribution in [1.29, 1.82) is 0 Å². The summed E-state index contributed by atoms with van der Waals surface area (Å²) in [7, 11) is 0. The molecule has 0 spiro atoms. The molecule has 0 aromatic heterocycles. The quantitative estimate of drug-likeness (QED) is 0.618. The number of carbonyl (C=O) groups is 2. The molecule has 0 aliphatic carbocycles. The first-order valence-corrected chi connectivity index (χ1v) is 9.65. The maximum atomic E-state index is 12.1. The minimum atomic E-state index is -0.927. The molecule has 0 aliphatic rings. The van der Waals surface area contributed by atoms with Crippen molar-refractivity contribution in [1.82, 2.24) is 5.32 Å². The second kappa shape index (κ2) is 10.1. The number of carbonyl (C=O) groups excluding carboxylic acids is 1. The molecular weight excluding hydrogens is 362 g/mol. The Hall–Kier alpha value is -2.33. The second-order valence-corrected chi connectivity index (χ2v) is 7.19. The second-order valence-electron chi connectivity index (χ2n) is 6.76. The summed E-state index contributed by atoms with van der Waals surface area (Å²) in [4.78, 5) is 22.6. The minimum Gasteiger partial charge on any atom is -0.481 e. The van der Waals surface area contributed by atoms with E-state index in [0.717, 1.165) is 17.9 Å². The predicted molar refractivity (Wildman–Crippen MR) is 109 cm³/mol. The maximum Gasteiger partial charge on any atom is 0.305 e. The molecule has 2 aromatic rings. The summed E-state index contributed by atoms with van der Waals surface area (Å²) in [6.07, 6.45) is 2.04. The van der Waals surface area contributed by atoms with Crippen molar-refractivity contribution >= 4 is 23.5 Å². The highest BCUT2D eigenvalue weighted by Crippen LogP contribution is 2.36. The van der Waals surface area contributed by atoms with Gasteiger partial charge in [0.1, 0.15) is 0 Å². The molecule has 0 saturated heterocycles. The Morgan fingerprint density at radius 1 is 1.04 bits per heavy atom. The van der Waals surface area contributed by atoms with E-state index < -0.39 is 5.97 Å². The molecule has 0 saturated carbocycles. The van der Waals surface area contributed by atoms with Gasteiger partial charge in [-0.2, -0.15) is 0 Å². The molecule has 2 aromatic carbocycles. The molecule has 144 valence electrons. The van der Waals surface area contributed by atoms with Crippen LogP contribution >= 0.6 is 11.6 Å². The van der Waals surface area contributed by atoms with Gasteiger partial charge in [0.15, 0.2) is 0 Å². The first-order chi connectivity index (χ1) is 12.9. The van der Waals surface area contributed by atoms with Crippen LogP contribution in [-0.4, -0.2) is 23.5 Å². The number of benzene rings is 2. The maximum absolute atomic E-state index is 12.1. The Morgan fingerprint density at radius 2 is 1.63 bits per heavy atom. The third-order valence-corrected chi connectivity index (χ3v) is 5.08. The highest BCUT2D eigenvalue weighted by Gasteiger charge is 2.20. The summed E-state index contributed by atoms with van der Waals surface area (Å²) in [5.41, 5.74) is 2.98. The van der Waals surface area contributed by atoms with Gasteiger partial charge in [0.25, 0.3) is 5.91 Å². The molecule has 0 bridgehead atoms. The first-order valence-electron chi connectivity index (χ1n) is 9.27. The fourth-order valence-corrected chi connectivity index (χ4v) is 3.41. The fraction of sp³-hybridized carbons (Fsp3) is 0.364. The number of rotatable bonds is 9. The lowest BCUT2D eigenvalue weighted by atomic mass is 9.80. The third-order valence-electron chi connectivity index (χ3n) is 4.82. The van der Waals surface area contributed by atoms with Crippen molar-refractivity contribution < 1.29 is 14.7 Å². The van der Waals surface area contributed by atoms with E-state index >= 15 is 0 Å². The van der Waals surface area contributed by atoms with E-state index in [1.807, 2.05) is 36.4 Å². The summed E-state index contributed by atoms with van der Waals surface area (Å²) < 4.78 is 0. The van der Waals surface area contributed by atoms with E-state index in [4.69, 9.17) is 16.7 Å². The number of halogens is 1. The van der Waals surface area contributed by atoms with E-state index in [-0.39, 0.29) is 18.9 Å². The molecule has 0 radical (unpaired) electrons. The normalized spacial score (nSPS) is 13.0. The van der Waals surface area contributed by atoms with E-state index in [1.54, 1.807) is 0 Å². The summed E-state index contributed by atoms with van der Waals surface area (Å²) >= 11 is 6.00. The molecule has 0 aliphatic heterocycles. The molecule has 0 heterocycles. The fourth-order valence-electron chi connectivity index (χ4n) is 3.28. The third kappa shape index (κ3) is 6.10. The lowest BCUT2D eigenvalue weighted by Crippen LogP contribution is -2.26.